The summed E-state index contributed by atoms with van der Waals surface area (Å²) >= 11 is 3.22. The number of halogens is 1. The lowest BCUT2D eigenvalue weighted by molar-refractivity contribution is 0.0698. The Balaban J connectivity index is 2.34. The molecular weight excluding hydrogens is 312 g/mol. The smallest absolute Gasteiger partial charge is 0.337 e. The average molecular weight is 321 g/mol. The zero-order chi connectivity index (χ0) is 13.8. The Morgan fingerprint density at radius 2 is 1.95 bits per heavy atom. The summed E-state index contributed by atoms with van der Waals surface area (Å²) in [4.78, 5) is 27.0. The summed E-state index contributed by atoms with van der Waals surface area (Å²) in [5.41, 5.74) is 0.443. The number of rotatable bonds is 3. The minimum Gasteiger partial charge on any atom is -0.478 e. The van der Waals surface area contributed by atoms with Gasteiger partial charge in [-0.25, -0.2) is 4.79 Å². The molecule has 0 unspecified atom stereocenters. The predicted octanol–water partition coefficient (Wildman–Crippen LogP) is 2.79. The van der Waals surface area contributed by atoms with Crippen LogP contribution in [0.4, 0.5) is 5.69 Å². The Morgan fingerprint density at radius 1 is 1.16 bits per heavy atom. The molecule has 96 valence electrons. The predicted molar refractivity (Wildman–Crippen MR) is 73.3 cm³/mol. The maximum absolute atomic E-state index is 12.0. The summed E-state index contributed by atoms with van der Waals surface area (Å²) in [6.45, 7) is 0. The van der Waals surface area contributed by atoms with Gasteiger partial charge in [-0.05, 0) is 40.2 Å². The van der Waals surface area contributed by atoms with E-state index in [0.29, 0.717) is 4.47 Å². The number of carboxylic acid groups (broad SMARTS) is 1. The molecule has 0 fully saturated rings. The second kappa shape index (κ2) is 5.62. The van der Waals surface area contributed by atoms with Crippen molar-refractivity contribution in [3.63, 3.8) is 0 Å². The van der Waals surface area contributed by atoms with Crippen molar-refractivity contribution in [2.45, 2.75) is 0 Å². The van der Waals surface area contributed by atoms with Crippen LogP contribution in [0.1, 0.15) is 20.8 Å². The number of aromatic carboxylic acids is 1. The van der Waals surface area contributed by atoms with Crippen LogP contribution in [-0.2, 0) is 0 Å². The molecule has 1 heterocycles. The van der Waals surface area contributed by atoms with Crippen LogP contribution in [0, 0.1) is 0 Å². The molecule has 6 heteroatoms. The number of amides is 1. The standard InChI is InChI=1S/C13H9BrN2O3/c14-9-5-3-4-8(13(18)19)11(9)16-12(17)10-6-1-2-7-15-10/h1-7H,(H,16,17)(H,18,19). The van der Waals surface area contributed by atoms with E-state index in [1.165, 1.54) is 12.3 Å². The van der Waals surface area contributed by atoms with Gasteiger partial charge in [0.25, 0.3) is 5.91 Å². The van der Waals surface area contributed by atoms with Gasteiger partial charge in [-0.3, -0.25) is 9.78 Å². The molecule has 1 aromatic heterocycles. The molecule has 0 aliphatic carbocycles. The summed E-state index contributed by atoms with van der Waals surface area (Å²) in [6.07, 6.45) is 1.49. The quantitative estimate of drug-likeness (QED) is 0.911. The fourth-order valence-electron chi connectivity index (χ4n) is 1.50. The highest BCUT2D eigenvalue weighted by molar-refractivity contribution is 9.10. The molecule has 0 spiro atoms. The van der Waals surface area contributed by atoms with Crippen molar-refractivity contribution in [1.29, 1.82) is 0 Å². The molecular formula is C13H9BrN2O3. The van der Waals surface area contributed by atoms with Crippen LogP contribution in [-0.4, -0.2) is 22.0 Å². The van der Waals surface area contributed by atoms with E-state index in [2.05, 4.69) is 26.2 Å². The Hall–Kier alpha value is -2.21. The number of anilines is 1. The zero-order valence-corrected chi connectivity index (χ0v) is 11.2. The van der Waals surface area contributed by atoms with Gasteiger partial charge >= 0.3 is 5.97 Å². The van der Waals surface area contributed by atoms with Crippen LogP contribution in [0.5, 0.6) is 0 Å². The lowest BCUT2D eigenvalue weighted by Gasteiger charge is -2.10. The van der Waals surface area contributed by atoms with Crippen molar-refractivity contribution in [3.05, 3.63) is 58.3 Å². The van der Waals surface area contributed by atoms with Crippen molar-refractivity contribution in [2.75, 3.05) is 5.32 Å². The number of carboxylic acids is 1. The molecule has 0 bridgehead atoms. The van der Waals surface area contributed by atoms with E-state index in [0.717, 1.165) is 0 Å². The van der Waals surface area contributed by atoms with Crippen LogP contribution in [0.15, 0.2) is 47.1 Å². The van der Waals surface area contributed by atoms with Crippen molar-refractivity contribution in [3.8, 4) is 0 Å². The summed E-state index contributed by atoms with van der Waals surface area (Å²) < 4.78 is 0.497. The first-order chi connectivity index (χ1) is 9.09. The minimum atomic E-state index is -1.11. The number of nitrogens with zero attached hydrogens (tertiary/aromatic N) is 1. The SMILES string of the molecule is O=C(Nc1c(Br)cccc1C(=O)O)c1ccccn1. The van der Waals surface area contributed by atoms with E-state index < -0.39 is 11.9 Å². The van der Waals surface area contributed by atoms with Gasteiger partial charge in [0, 0.05) is 10.7 Å². The first-order valence-corrected chi connectivity index (χ1v) is 6.13. The van der Waals surface area contributed by atoms with E-state index in [-0.39, 0.29) is 16.9 Å². The Kier molecular flexibility index (Phi) is 3.91. The number of aromatic nitrogens is 1. The van der Waals surface area contributed by atoms with Crippen LogP contribution in [0.25, 0.3) is 0 Å². The van der Waals surface area contributed by atoms with Gasteiger partial charge in [-0.1, -0.05) is 12.1 Å². The normalized spacial score (nSPS) is 9.95. The highest BCUT2D eigenvalue weighted by Crippen LogP contribution is 2.26. The highest BCUT2D eigenvalue weighted by atomic mass is 79.9. The fourth-order valence-corrected chi connectivity index (χ4v) is 1.97. The molecule has 1 amide bonds. The van der Waals surface area contributed by atoms with E-state index in [1.807, 2.05) is 0 Å². The van der Waals surface area contributed by atoms with Gasteiger partial charge in [-0.2, -0.15) is 0 Å². The third-order valence-electron chi connectivity index (χ3n) is 2.38. The van der Waals surface area contributed by atoms with Gasteiger partial charge in [0.2, 0.25) is 0 Å². The number of hydrogen-bond donors (Lipinski definition) is 2. The molecule has 0 aliphatic heterocycles. The summed E-state index contributed by atoms with van der Waals surface area (Å²) in [5.74, 6) is -1.58. The Morgan fingerprint density at radius 3 is 2.58 bits per heavy atom. The lowest BCUT2D eigenvalue weighted by atomic mass is 10.1. The van der Waals surface area contributed by atoms with Crippen LogP contribution < -0.4 is 5.32 Å². The second-order valence-electron chi connectivity index (χ2n) is 3.64. The minimum absolute atomic E-state index is 0.0126. The third-order valence-corrected chi connectivity index (χ3v) is 3.04. The zero-order valence-electron chi connectivity index (χ0n) is 9.63. The number of benzene rings is 1. The average Bonchev–Trinajstić information content (AvgIpc) is 2.41. The van der Waals surface area contributed by atoms with Gasteiger partial charge in [-0.15, -0.1) is 0 Å². The lowest BCUT2D eigenvalue weighted by Crippen LogP contribution is -2.16. The first kappa shape index (κ1) is 13.2. The third kappa shape index (κ3) is 2.97. The number of carbonyl (C=O) groups excluding carboxylic acids is 1. The Labute approximate surface area is 117 Å². The maximum Gasteiger partial charge on any atom is 0.337 e. The number of nitrogens with one attached hydrogen (secondary N) is 1. The molecule has 2 rings (SSSR count). The van der Waals surface area contributed by atoms with E-state index in [4.69, 9.17) is 5.11 Å². The van der Waals surface area contributed by atoms with Crippen LogP contribution in [0.2, 0.25) is 0 Å². The molecule has 0 aliphatic rings. The summed E-state index contributed by atoms with van der Waals surface area (Å²) in [6, 6.07) is 9.58. The van der Waals surface area contributed by atoms with E-state index >= 15 is 0 Å². The largest absolute Gasteiger partial charge is 0.478 e. The van der Waals surface area contributed by atoms with Crippen molar-refractivity contribution >= 4 is 33.5 Å². The fraction of sp³-hybridized carbons (Fsp3) is 0. The second-order valence-corrected chi connectivity index (χ2v) is 4.49. The molecule has 0 saturated heterocycles. The molecule has 2 N–H and O–H groups in total. The number of hydrogen-bond acceptors (Lipinski definition) is 3. The Bertz CT molecular complexity index is 629. The molecule has 1 aromatic carbocycles. The van der Waals surface area contributed by atoms with E-state index in [1.54, 1.807) is 30.3 Å². The molecule has 0 saturated carbocycles. The van der Waals surface area contributed by atoms with Gasteiger partial charge < -0.3 is 10.4 Å². The van der Waals surface area contributed by atoms with Gasteiger partial charge in [0.15, 0.2) is 0 Å². The molecule has 0 atom stereocenters. The number of carbonyl (C=O) groups is 2. The highest BCUT2D eigenvalue weighted by Gasteiger charge is 2.16. The van der Waals surface area contributed by atoms with Crippen LogP contribution in [0.3, 0.4) is 0 Å². The van der Waals surface area contributed by atoms with Gasteiger partial charge in [0.05, 0.1) is 11.3 Å². The molecule has 0 radical (unpaired) electrons. The summed E-state index contributed by atoms with van der Waals surface area (Å²) in [7, 11) is 0. The van der Waals surface area contributed by atoms with Crippen molar-refractivity contribution in [2.24, 2.45) is 0 Å². The monoisotopic (exact) mass is 320 g/mol. The molecule has 2 aromatic rings. The van der Waals surface area contributed by atoms with Crippen molar-refractivity contribution in [1.82, 2.24) is 4.98 Å². The number of para-hydroxylation sites is 1. The maximum atomic E-state index is 12.0. The van der Waals surface area contributed by atoms with Crippen LogP contribution >= 0.6 is 15.9 Å². The van der Waals surface area contributed by atoms with E-state index in [9.17, 15) is 9.59 Å². The number of pyridine rings is 1. The molecule has 19 heavy (non-hydrogen) atoms. The first-order valence-electron chi connectivity index (χ1n) is 5.34. The topological polar surface area (TPSA) is 79.3 Å². The van der Waals surface area contributed by atoms with Gasteiger partial charge in [0.1, 0.15) is 5.69 Å². The summed E-state index contributed by atoms with van der Waals surface area (Å²) in [5, 5.41) is 11.6. The van der Waals surface area contributed by atoms with Crippen molar-refractivity contribution < 1.29 is 14.7 Å². The molecule has 5 nitrogen and oxygen atoms in total.